The third kappa shape index (κ3) is 2.34. The normalized spacial score (nSPS) is 14.9. The van der Waals surface area contributed by atoms with Crippen molar-refractivity contribution in [2.24, 2.45) is 0 Å². The summed E-state index contributed by atoms with van der Waals surface area (Å²) in [4.78, 5) is 23.7. The van der Waals surface area contributed by atoms with E-state index in [-0.39, 0.29) is 11.5 Å². The molecule has 1 aliphatic rings. The van der Waals surface area contributed by atoms with Crippen LogP contribution < -0.4 is 10.9 Å². The Kier molecular flexibility index (Phi) is 3.60. The van der Waals surface area contributed by atoms with Gasteiger partial charge in [0.2, 0.25) is 5.91 Å². The van der Waals surface area contributed by atoms with Gasteiger partial charge in [0.05, 0.1) is 5.69 Å². The summed E-state index contributed by atoms with van der Waals surface area (Å²) in [7, 11) is 0. The summed E-state index contributed by atoms with van der Waals surface area (Å²) in [5.41, 5.74) is 1.75. The van der Waals surface area contributed by atoms with Gasteiger partial charge in [0, 0.05) is 12.6 Å². The second-order valence-corrected chi connectivity index (χ2v) is 4.46. The number of aryl methyl sites for hydroxylation is 2. The van der Waals surface area contributed by atoms with E-state index in [1.165, 1.54) is 4.68 Å². The highest BCUT2D eigenvalue weighted by Crippen LogP contribution is 2.17. The first-order chi connectivity index (χ1) is 8.63. The van der Waals surface area contributed by atoms with E-state index < -0.39 is 6.04 Å². The number of hydrogen-bond acceptors (Lipinski definition) is 3. The van der Waals surface area contributed by atoms with Crippen molar-refractivity contribution in [2.45, 2.75) is 32.2 Å². The van der Waals surface area contributed by atoms with Crippen LogP contribution in [0.25, 0.3) is 0 Å². The number of nitrogens with zero attached hydrogens (tertiary/aromatic N) is 2. The Morgan fingerprint density at radius 1 is 1.67 bits per heavy atom. The number of carbonyl (C=O) groups is 1. The molecule has 1 N–H and O–H groups in total. The molecule has 1 amide bonds. The third-order valence-electron chi connectivity index (χ3n) is 3.15. The van der Waals surface area contributed by atoms with Crippen molar-refractivity contribution in [3.8, 4) is 0 Å². The SMILES string of the molecule is C=CCNC(=O)C(C)n1nc2c(cc1=O)CCC2. The van der Waals surface area contributed by atoms with Gasteiger partial charge in [0.25, 0.3) is 5.56 Å². The minimum atomic E-state index is -0.594. The zero-order valence-corrected chi connectivity index (χ0v) is 10.5. The lowest BCUT2D eigenvalue weighted by Crippen LogP contribution is -2.37. The van der Waals surface area contributed by atoms with Crippen molar-refractivity contribution < 1.29 is 4.79 Å². The average molecular weight is 247 g/mol. The second kappa shape index (κ2) is 5.16. The minimum absolute atomic E-state index is 0.211. The maximum Gasteiger partial charge on any atom is 0.267 e. The van der Waals surface area contributed by atoms with Crippen LogP contribution in [0.3, 0.4) is 0 Å². The van der Waals surface area contributed by atoms with Crippen LogP contribution in [-0.4, -0.2) is 22.2 Å². The van der Waals surface area contributed by atoms with Gasteiger partial charge >= 0.3 is 0 Å². The topological polar surface area (TPSA) is 64.0 Å². The fourth-order valence-electron chi connectivity index (χ4n) is 2.12. The molecule has 0 aromatic carbocycles. The van der Waals surface area contributed by atoms with Crippen LogP contribution in [0.4, 0.5) is 0 Å². The summed E-state index contributed by atoms with van der Waals surface area (Å²) in [5.74, 6) is -0.220. The highest BCUT2D eigenvalue weighted by molar-refractivity contribution is 5.79. The molecule has 0 bridgehead atoms. The van der Waals surface area contributed by atoms with E-state index in [0.29, 0.717) is 6.54 Å². The summed E-state index contributed by atoms with van der Waals surface area (Å²) >= 11 is 0. The number of aromatic nitrogens is 2. The number of hydrogen-bond donors (Lipinski definition) is 1. The van der Waals surface area contributed by atoms with E-state index >= 15 is 0 Å². The van der Waals surface area contributed by atoms with E-state index in [4.69, 9.17) is 0 Å². The number of rotatable bonds is 4. The minimum Gasteiger partial charge on any atom is -0.351 e. The lowest BCUT2D eigenvalue weighted by molar-refractivity contribution is -0.124. The van der Waals surface area contributed by atoms with Crippen molar-refractivity contribution in [2.75, 3.05) is 6.54 Å². The zero-order valence-electron chi connectivity index (χ0n) is 10.5. The zero-order chi connectivity index (χ0) is 13.1. The Bertz CT molecular complexity index is 534. The Labute approximate surface area is 106 Å². The predicted octanol–water partition coefficient (Wildman–Crippen LogP) is 0.595. The van der Waals surface area contributed by atoms with E-state index in [9.17, 15) is 9.59 Å². The number of amides is 1. The first-order valence-corrected chi connectivity index (χ1v) is 6.13. The molecule has 0 radical (unpaired) electrons. The molecule has 0 spiro atoms. The lowest BCUT2D eigenvalue weighted by atomic mass is 10.2. The summed E-state index contributed by atoms with van der Waals surface area (Å²) in [6.45, 7) is 5.60. The molecule has 1 aromatic rings. The Hall–Kier alpha value is -1.91. The fourth-order valence-corrected chi connectivity index (χ4v) is 2.12. The van der Waals surface area contributed by atoms with E-state index in [2.05, 4.69) is 17.0 Å². The molecular formula is C13H17N3O2. The van der Waals surface area contributed by atoms with Crippen LogP contribution in [0.2, 0.25) is 0 Å². The first-order valence-electron chi connectivity index (χ1n) is 6.13. The van der Waals surface area contributed by atoms with E-state index in [0.717, 1.165) is 30.5 Å². The maximum absolute atomic E-state index is 11.9. The molecule has 1 aliphatic carbocycles. The molecular weight excluding hydrogens is 230 g/mol. The van der Waals surface area contributed by atoms with Gasteiger partial charge in [-0.05, 0) is 31.7 Å². The number of nitrogens with one attached hydrogen (secondary N) is 1. The van der Waals surface area contributed by atoms with Crippen molar-refractivity contribution in [3.05, 3.63) is 40.3 Å². The van der Waals surface area contributed by atoms with Crippen molar-refractivity contribution >= 4 is 5.91 Å². The summed E-state index contributed by atoms with van der Waals surface area (Å²) in [6, 6.07) is 1.01. The molecule has 2 rings (SSSR count). The van der Waals surface area contributed by atoms with Crippen LogP contribution in [-0.2, 0) is 17.6 Å². The van der Waals surface area contributed by atoms with Crippen LogP contribution in [0.5, 0.6) is 0 Å². The third-order valence-corrected chi connectivity index (χ3v) is 3.15. The van der Waals surface area contributed by atoms with Crippen molar-refractivity contribution in [3.63, 3.8) is 0 Å². The highest BCUT2D eigenvalue weighted by Gasteiger charge is 2.20. The van der Waals surface area contributed by atoms with Crippen LogP contribution in [0, 0.1) is 0 Å². The number of fused-ring (bicyclic) bond motifs is 1. The summed E-state index contributed by atoms with van der Waals surface area (Å²) in [6.07, 6.45) is 4.43. The smallest absolute Gasteiger partial charge is 0.267 e. The predicted molar refractivity (Wildman–Crippen MR) is 68.4 cm³/mol. The Morgan fingerprint density at radius 3 is 3.17 bits per heavy atom. The van der Waals surface area contributed by atoms with E-state index in [1.54, 1.807) is 19.1 Å². The van der Waals surface area contributed by atoms with Gasteiger partial charge in [0.15, 0.2) is 0 Å². The average Bonchev–Trinajstić information content (AvgIpc) is 2.81. The molecule has 18 heavy (non-hydrogen) atoms. The lowest BCUT2D eigenvalue weighted by Gasteiger charge is -2.14. The van der Waals surface area contributed by atoms with Gasteiger partial charge in [-0.15, -0.1) is 6.58 Å². The largest absolute Gasteiger partial charge is 0.351 e. The Balaban J connectivity index is 2.25. The second-order valence-electron chi connectivity index (χ2n) is 4.46. The van der Waals surface area contributed by atoms with Crippen molar-refractivity contribution in [1.29, 1.82) is 0 Å². The van der Waals surface area contributed by atoms with Gasteiger partial charge in [0.1, 0.15) is 6.04 Å². The number of carbonyl (C=O) groups excluding carboxylic acids is 1. The monoisotopic (exact) mass is 247 g/mol. The molecule has 1 aromatic heterocycles. The standard InChI is InChI=1S/C13H17N3O2/c1-3-7-14-13(18)9(2)16-12(17)8-10-5-4-6-11(10)15-16/h3,8-9H,1,4-7H2,2H3,(H,14,18). The molecule has 1 atom stereocenters. The fraction of sp³-hybridized carbons (Fsp3) is 0.462. The molecule has 0 saturated carbocycles. The summed E-state index contributed by atoms with van der Waals surface area (Å²) < 4.78 is 1.27. The van der Waals surface area contributed by atoms with Gasteiger partial charge < -0.3 is 5.32 Å². The van der Waals surface area contributed by atoms with Crippen molar-refractivity contribution in [1.82, 2.24) is 15.1 Å². The molecule has 0 saturated heterocycles. The van der Waals surface area contributed by atoms with E-state index in [1.807, 2.05) is 0 Å². The highest BCUT2D eigenvalue weighted by atomic mass is 16.2. The van der Waals surface area contributed by atoms with Gasteiger partial charge in [-0.3, -0.25) is 9.59 Å². The van der Waals surface area contributed by atoms with Crippen LogP contribution in [0.1, 0.15) is 30.6 Å². The molecule has 0 aliphatic heterocycles. The molecule has 5 nitrogen and oxygen atoms in total. The molecule has 1 unspecified atom stereocenters. The van der Waals surface area contributed by atoms with Gasteiger partial charge in [-0.1, -0.05) is 6.08 Å². The van der Waals surface area contributed by atoms with Gasteiger partial charge in [-0.2, -0.15) is 5.10 Å². The first kappa shape index (κ1) is 12.5. The van der Waals surface area contributed by atoms with Crippen LogP contribution >= 0.6 is 0 Å². The molecule has 5 heteroatoms. The molecule has 0 fully saturated rings. The molecule has 96 valence electrons. The van der Waals surface area contributed by atoms with Gasteiger partial charge in [-0.25, -0.2) is 4.68 Å². The van der Waals surface area contributed by atoms with Crippen LogP contribution in [0.15, 0.2) is 23.5 Å². The maximum atomic E-state index is 11.9. The molecule has 1 heterocycles. The quantitative estimate of drug-likeness (QED) is 0.792. The summed E-state index contributed by atoms with van der Waals surface area (Å²) in [5, 5.41) is 6.97. The Morgan fingerprint density at radius 2 is 2.44 bits per heavy atom.